The van der Waals surface area contributed by atoms with Crippen LogP contribution in [0.2, 0.25) is 0 Å². The summed E-state index contributed by atoms with van der Waals surface area (Å²) in [4.78, 5) is 15.7. The van der Waals surface area contributed by atoms with Crippen molar-refractivity contribution in [3.05, 3.63) is 47.7 Å². The van der Waals surface area contributed by atoms with Gasteiger partial charge in [0.05, 0.1) is 11.8 Å². The van der Waals surface area contributed by atoms with Crippen LogP contribution in [0, 0.1) is 11.3 Å². The van der Waals surface area contributed by atoms with E-state index in [0.29, 0.717) is 35.9 Å². The van der Waals surface area contributed by atoms with Crippen LogP contribution in [0.4, 0.5) is 0 Å². The number of piperidine rings is 1. The molecule has 31 heavy (non-hydrogen) atoms. The zero-order valence-electron chi connectivity index (χ0n) is 18.2. The van der Waals surface area contributed by atoms with Crippen LogP contribution >= 0.6 is 0 Å². The van der Waals surface area contributed by atoms with Crippen molar-refractivity contribution in [2.24, 2.45) is 21.5 Å². The van der Waals surface area contributed by atoms with Crippen molar-refractivity contribution in [2.75, 3.05) is 6.54 Å². The van der Waals surface area contributed by atoms with Crippen molar-refractivity contribution in [3.8, 4) is 6.07 Å². The monoisotopic (exact) mass is 421 g/mol. The minimum atomic E-state index is 0.114. The highest BCUT2D eigenvalue weighted by Crippen LogP contribution is 2.37. The number of rotatable bonds is 7. The average molecular weight is 422 g/mol. The molecular weight excluding hydrogens is 390 g/mol. The Hall–Kier alpha value is -3.18. The standard InChI is InChI=1S/C23H31N7O/c1-16(25)12-22(26)29-23(13-18-6-3-4-10-27-18)28-17(2)31-21-14-19-7-8-20(15-21)30(19)11-5-9-24/h3-4,6,10,12-13,19-21H,5,7-8,11,14-15,25H2,1-2H3,(H2,26,29)/b16-12-,23-13+,28-17?. The van der Waals surface area contributed by atoms with Gasteiger partial charge in [-0.2, -0.15) is 10.3 Å². The molecule has 2 bridgehead atoms. The first-order valence-electron chi connectivity index (χ1n) is 10.7. The van der Waals surface area contributed by atoms with Gasteiger partial charge in [0.15, 0.2) is 11.7 Å². The lowest BCUT2D eigenvalue weighted by atomic mass is 9.99. The number of aromatic nitrogens is 1. The Bertz CT molecular complexity index is 896. The van der Waals surface area contributed by atoms with Crippen molar-refractivity contribution in [2.45, 2.75) is 64.1 Å². The number of nitrogens with two attached hydrogens (primary N) is 2. The lowest BCUT2D eigenvalue weighted by Gasteiger charge is -2.38. The van der Waals surface area contributed by atoms with Crippen molar-refractivity contribution >= 4 is 17.8 Å². The number of pyridine rings is 1. The van der Waals surface area contributed by atoms with Crippen LogP contribution in [0.15, 0.2) is 52.0 Å². The second kappa shape index (κ2) is 10.7. The van der Waals surface area contributed by atoms with E-state index >= 15 is 0 Å². The van der Waals surface area contributed by atoms with Crippen molar-refractivity contribution in [1.29, 1.82) is 5.26 Å². The second-order valence-electron chi connectivity index (χ2n) is 8.06. The molecule has 0 saturated carbocycles. The van der Waals surface area contributed by atoms with Gasteiger partial charge in [0.2, 0.25) is 0 Å². The van der Waals surface area contributed by atoms with Gasteiger partial charge in [-0.15, -0.1) is 0 Å². The van der Waals surface area contributed by atoms with Crippen LogP contribution in [0.1, 0.15) is 51.6 Å². The Labute approximate surface area is 184 Å². The van der Waals surface area contributed by atoms with Crippen LogP contribution in [-0.4, -0.2) is 46.3 Å². The molecule has 3 heterocycles. The second-order valence-corrected chi connectivity index (χ2v) is 8.06. The van der Waals surface area contributed by atoms with Crippen LogP contribution in [-0.2, 0) is 4.74 Å². The van der Waals surface area contributed by atoms with Crippen molar-refractivity contribution < 1.29 is 4.74 Å². The molecule has 3 rings (SSSR count). The zero-order valence-corrected chi connectivity index (χ0v) is 18.2. The first-order chi connectivity index (χ1) is 14.9. The number of hydrogen-bond acceptors (Lipinski definition) is 7. The summed E-state index contributed by atoms with van der Waals surface area (Å²) >= 11 is 0. The highest BCUT2D eigenvalue weighted by molar-refractivity contribution is 5.93. The van der Waals surface area contributed by atoms with Gasteiger partial charge in [0.1, 0.15) is 11.9 Å². The van der Waals surface area contributed by atoms with Crippen LogP contribution < -0.4 is 11.5 Å². The summed E-state index contributed by atoms with van der Waals surface area (Å²) in [7, 11) is 0. The van der Waals surface area contributed by atoms with Gasteiger partial charge in [-0.1, -0.05) is 6.07 Å². The number of nitriles is 1. The van der Waals surface area contributed by atoms with Crippen molar-refractivity contribution in [3.63, 3.8) is 0 Å². The van der Waals surface area contributed by atoms with Crippen LogP contribution in [0.3, 0.4) is 0 Å². The molecule has 0 aromatic carbocycles. The summed E-state index contributed by atoms with van der Waals surface area (Å²) in [6.07, 6.45) is 10.00. The Morgan fingerprint density at radius 2 is 2.00 bits per heavy atom. The lowest BCUT2D eigenvalue weighted by molar-refractivity contribution is 0.0439. The van der Waals surface area contributed by atoms with Crippen LogP contribution in [0.25, 0.3) is 6.08 Å². The summed E-state index contributed by atoms with van der Waals surface area (Å²) in [5.41, 5.74) is 13.0. The fourth-order valence-corrected chi connectivity index (χ4v) is 4.37. The molecule has 0 aliphatic carbocycles. The number of hydrogen-bond donors (Lipinski definition) is 2. The number of amidine groups is 1. The summed E-state index contributed by atoms with van der Waals surface area (Å²) in [5, 5.41) is 8.90. The molecule has 8 nitrogen and oxygen atoms in total. The fourth-order valence-electron chi connectivity index (χ4n) is 4.37. The summed E-state index contributed by atoms with van der Waals surface area (Å²) in [6, 6.07) is 8.85. The van der Waals surface area contributed by atoms with E-state index in [-0.39, 0.29) is 11.9 Å². The first kappa shape index (κ1) is 22.5. The minimum absolute atomic E-state index is 0.114. The number of aliphatic imine (C=N–C) groups is 2. The van der Waals surface area contributed by atoms with E-state index in [2.05, 4.69) is 25.9 Å². The Kier molecular flexibility index (Phi) is 7.79. The molecule has 2 unspecified atom stereocenters. The SMILES string of the molecule is CC(=NC(=C\c1ccccn1)/N=C(N)/C=C(/C)N)OC1CC2CCC(C1)N2CCC#N. The maximum Gasteiger partial charge on any atom is 0.186 e. The van der Waals surface area contributed by atoms with Gasteiger partial charge in [0.25, 0.3) is 0 Å². The van der Waals surface area contributed by atoms with E-state index < -0.39 is 0 Å². The van der Waals surface area contributed by atoms with E-state index in [4.69, 9.17) is 21.5 Å². The van der Waals surface area contributed by atoms with Crippen LogP contribution in [0.5, 0.6) is 0 Å². The van der Waals surface area contributed by atoms with Gasteiger partial charge in [-0.25, -0.2) is 4.99 Å². The third kappa shape index (κ3) is 6.66. The molecule has 2 aliphatic rings. The van der Waals surface area contributed by atoms with E-state index in [1.165, 1.54) is 12.8 Å². The molecule has 0 amide bonds. The molecule has 1 aromatic rings. The summed E-state index contributed by atoms with van der Waals surface area (Å²) < 4.78 is 6.20. The largest absolute Gasteiger partial charge is 0.477 e. The number of fused-ring (bicyclic) bond motifs is 2. The zero-order chi connectivity index (χ0) is 22.2. The average Bonchev–Trinajstić information content (AvgIpc) is 2.94. The molecule has 2 saturated heterocycles. The van der Waals surface area contributed by atoms with E-state index in [1.807, 2.05) is 25.1 Å². The predicted octanol–water partition coefficient (Wildman–Crippen LogP) is 2.94. The van der Waals surface area contributed by atoms with Gasteiger partial charge in [-0.05, 0) is 50.8 Å². The Morgan fingerprint density at radius 3 is 2.61 bits per heavy atom. The third-order valence-electron chi connectivity index (χ3n) is 5.52. The molecule has 2 fully saturated rings. The smallest absolute Gasteiger partial charge is 0.186 e. The quantitative estimate of drug-likeness (QED) is 0.515. The number of ether oxygens (including phenoxy) is 1. The van der Waals surface area contributed by atoms with E-state index in [1.54, 1.807) is 25.3 Å². The van der Waals surface area contributed by atoms with Gasteiger partial charge in [0, 0.05) is 49.9 Å². The summed E-state index contributed by atoms with van der Waals surface area (Å²) in [5.74, 6) is 1.21. The first-order valence-corrected chi connectivity index (χ1v) is 10.7. The maximum absolute atomic E-state index is 8.90. The summed E-state index contributed by atoms with van der Waals surface area (Å²) in [6.45, 7) is 4.44. The topological polar surface area (TPSA) is 126 Å². The highest BCUT2D eigenvalue weighted by atomic mass is 16.5. The molecule has 2 atom stereocenters. The van der Waals surface area contributed by atoms with E-state index in [0.717, 1.165) is 25.1 Å². The lowest BCUT2D eigenvalue weighted by Crippen LogP contribution is -2.46. The minimum Gasteiger partial charge on any atom is -0.477 e. The van der Waals surface area contributed by atoms with Gasteiger partial charge >= 0.3 is 0 Å². The normalized spacial score (nSPS) is 25.4. The Balaban J connectivity index is 1.73. The predicted molar refractivity (Wildman–Crippen MR) is 123 cm³/mol. The molecule has 0 spiro atoms. The Morgan fingerprint density at radius 1 is 1.26 bits per heavy atom. The van der Waals surface area contributed by atoms with E-state index in [9.17, 15) is 0 Å². The number of nitrogens with zero attached hydrogens (tertiary/aromatic N) is 5. The third-order valence-corrected chi connectivity index (χ3v) is 5.52. The molecule has 4 N–H and O–H groups in total. The molecular formula is C23H31N7O. The molecule has 0 radical (unpaired) electrons. The number of allylic oxidation sites excluding steroid dienone is 1. The van der Waals surface area contributed by atoms with Crippen molar-refractivity contribution in [1.82, 2.24) is 9.88 Å². The molecule has 2 aliphatic heterocycles. The van der Waals surface area contributed by atoms with Gasteiger partial charge < -0.3 is 16.2 Å². The molecule has 1 aromatic heterocycles. The molecule has 8 heteroatoms. The van der Waals surface area contributed by atoms with Gasteiger partial charge in [-0.3, -0.25) is 9.88 Å². The molecule has 164 valence electrons. The maximum atomic E-state index is 8.90. The fraction of sp³-hybridized carbons (Fsp3) is 0.478. The highest BCUT2D eigenvalue weighted by Gasteiger charge is 2.41.